The predicted octanol–water partition coefficient (Wildman–Crippen LogP) is 2.64. The first-order valence-corrected chi connectivity index (χ1v) is 9.48. The first-order valence-electron chi connectivity index (χ1n) is 9.10. The van der Waals surface area contributed by atoms with Crippen LogP contribution in [0.1, 0.15) is 28.2 Å². The van der Waals surface area contributed by atoms with Gasteiger partial charge in [-0.1, -0.05) is 11.6 Å². The third-order valence-corrected chi connectivity index (χ3v) is 5.92. The van der Waals surface area contributed by atoms with Gasteiger partial charge in [-0.15, -0.1) is 0 Å². The largest absolute Gasteiger partial charge is 0.392 e. The molecule has 2 aliphatic rings. The molecule has 1 amide bonds. The minimum Gasteiger partial charge on any atom is -0.392 e. The number of carbonyl (C=O) groups excluding carboxylic acids is 1. The van der Waals surface area contributed by atoms with Crippen molar-refractivity contribution in [1.82, 2.24) is 14.4 Å². The highest BCUT2D eigenvalue weighted by Gasteiger charge is 2.37. The van der Waals surface area contributed by atoms with Crippen LogP contribution in [0.4, 0.5) is 0 Å². The molecule has 1 aromatic carbocycles. The molecular formula is C20H24ClN3O2. The average Bonchev–Trinajstić information content (AvgIpc) is 3.15. The third-order valence-electron chi connectivity index (χ3n) is 5.59. The van der Waals surface area contributed by atoms with Crippen LogP contribution in [0.2, 0.25) is 5.02 Å². The summed E-state index contributed by atoms with van der Waals surface area (Å²) in [4.78, 5) is 17.3. The van der Waals surface area contributed by atoms with E-state index in [1.54, 1.807) is 6.07 Å². The number of piperazine rings is 1. The smallest absolute Gasteiger partial charge is 0.255 e. The quantitative estimate of drug-likeness (QED) is 0.880. The van der Waals surface area contributed by atoms with Gasteiger partial charge in [0.05, 0.1) is 16.7 Å². The van der Waals surface area contributed by atoms with E-state index in [9.17, 15) is 9.90 Å². The molecule has 6 heteroatoms. The van der Waals surface area contributed by atoms with E-state index in [1.165, 1.54) is 0 Å². The van der Waals surface area contributed by atoms with Crippen molar-refractivity contribution in [2.75, 3.05) is 26.2 Å². The van der Waals surface area contributed by atoms with E-state index in [2.05, 4.69) is 21.6 Å². The van der Waals surface area contributed by atoms with Gasteiger partial charge in [-0.2, -0.15) is 0 Å². The Morgan fingerprint density at radius 2 is 1.85 bits per heavy atom. The number of nitrogens with zero attached hydrogens (tertiary/aromatic N) is 3. The van der Waals surface area contributed by atoms with E-state index in [-0.39, 0.29) is 18.1 Å². The Bertz CT molecular complexity index is 828. The number of aliphatic hydroxyl groups excluding tert-OH is 1. The molecule has 2 atom stereocenters. The summed E-state index contributed by atoms with van der Waals surface area (Å²) in [6.45, 7) is 6.94. The summed E-state index contributed by atoms with van der Waals surface area (Å²) < 4.78 is 2.12. The van der Waals surface area contributed by atoms with Gasteiger partial charge in [0.2, 0.25) is 0 Å². The number of halogens is 1. The summed E-state index contributed by atoms with van der Waals surface area (Å²) in [5.41, 5.74) is 3.74. The van der Waals surface area contributed by atoms with Crippen molar-refractivity contribution in [3.63, 3.8) is 0 Å². The molecule has 3 heterocycles. The minimum atomic E-state index is -0.276. The van der Waals surface area contributed by atoms with Gasteiger partial charge in [0.25, 0.3) is 5.91 Å². The summed E-state index contributed by atoms with van der Waals surface area (Å²) in [6, 6.07) is 10.0. The highest BCUT2D eigenvalue weighted by Crippen LogP contribution is 2.27. The molecule has 0 unspecified atom stereocenters. The number of aromatic nitrogens is 1. The second kappa shape index (κ2) is 6.72. The van der Waals surface area contributed by atoms with E-state index in [4.69, 9.17) is 11.6 Å². The lowest BCUT2D eigenvalue weighted by atomic mass is 10.1. The van der Waals surface area contributed by atoms with E-state index >= 15 is 0 Å². The number of rotatable bonds is 2. The van der Waals surface area contributed by atoms with Gasteiger partial charge in [-0.25, -0.2) is 0 Å². The maximum atomic E-state index is 13.1. The summed E-state index contributed by atoms with van der Waals surface area (Å²) >= 11 is 6.38. The maximum absolute atomic E-state index is 13.1. The second-order valence-corrected chi connectivity index (χ2v) is 7.81. The molecule has 2 fully saturated rings. The zero-order chi connectivity index (χ0) is 18.4. The van der Waals surface area contributed by atoms with Crippen LogP contribution in [0.5, 0.6) is 0 Å². The SMILES string of the molecule is Cc1ccc(C)n1-c1ccc(Cl)c(C(=O)N2CCN3C[C@H](O)C[C@H]3C2)c1. The normalized spacial score (nSPS) is 23.3. The summed E-state index contributed by atoms with van der Waals surface area (Å²) in [6.07, 6.45) is 0.459. The van der Waals surface area contributed by atoms with E-state index in [1.807, 2.05) is 30.9 Å². The molecule has 2 aliphatic heterocycles. The van der Waals surface area contributed by atoms with Gasteiger partial charge in [-0.3, -0.25) is 9.69 Å². The van der Waals surface area contributed by atoms with Gasteiger partial charge >= 0.3 is 0 Å². The number of benzene rings is 1. The van der Waals surface area contributed by atoms with Crippen LogP contribution in [0.15, 0.2) is 30.3 Å². The van der Waals surface area contributed by atoms with Crippen LogP contribution in [0.3, 0.4) is 0 Å². The summed E-state index contributed by atoms with van der Waals surface area (Å²) in [5, 5.41) is 10.4. The van der Waals surface area contributed by atoms with Crippen molar-refractivity contribution in [2.24, 2.45) is 0 Å². The summed E-state index contributed by atoms with van der Waals surface area (Å²) in [7, 11) is 0. The maximum Gasteiger partial charge on any atom is 0.255 e. The van der Waals surface area contributed by atoms with Crippen LogP contribution >= 0.6 is 11.6 Å². The second-order valence-electron chi connectivity index (χ2n) is 7.41. The van der Waals surface area contributed by atoms with E-state index < -0.39 is 0 Å². The number of hydrogen-bond acceptors (Lipinski definition) is 3. The van der Waals surface area contributed by atoms with Gasteiger partial charge in [0.15, 0.2) is 0 Å². The molecule has 0 bridgehead atoms. The molecule has 0 spiro atoms. The standard InChI is InChI=1S/C20H24ClN3O2/c1-13-3-4-14(2)24(13)15-5-6-19(21)18(10-15)20(26)23-8-7-22-12-17(25)9-16(22)11-23/h3-6,10,16-17,25H,7-9,11-12H2,1-2H3/t16-,17+/m0/s1. The van der Waals surface area contributed by atoms with Crippen molar-refractivity contribution in [3.8, 4) is 5.69 Å². The lowest BCUT2D eigenvalue weighted by Gasteiger charge is -2.37. The van der Waals surface area contributed by atoms with Crippen LogP contribution in [-0.2, 0) is 0 Å². The van der Waals surface area contributed by atoms with Crippen LogP contribution < -0.4 is 0 Å². The van der Waals surface area contributed by atoms with E-state index in [0.717, 1.165) is 36.6 Å². The van der Waals surface area contributed by atoms with Gasteiger partial charge in [0, 0.05) is 49.3 Å². The molecule has 2 aromatic rings. The molecule has 0 aliphatic carbocycles. The first kappa shape index (κ1) is 17.6. The van der Waals surface area contributed by atoms with Crippen LogP contribution in [0, 0.1) is 13.8 Å². The summed E-state index contributed by atoms with van der Waals surface area (Å²) in [5.74, 6) is -0.0275. The fourth-order valence-corrected chi connectivity index (χ4v) is 4.46. The third kappa shape index (κ3) is 3.04. The number of carbonyl (C=O) groups is 1. The molecule has 138 valence electrons. The molecule has 1 aromatic heterocycles. The van der Waals surface area contributed by atoms with Crippen LogP contribution in [-0.4, -0.2) is 63.7 Å². The molecule has 4 rings (SSSR count). The molecular weight excluding hydrogens is 350 g/mol. The monoisotopic (exact) mass is 373 g/mol. The zero-order valence-electron chi connectivity index (χ0n) is 15.2. The van der Waals surface area contributed by atoms with Crippen molar-refractivity contribution in [2.45, 2.75) is 32.4 Å². The molecule has 26 heavy (non-hydrogen) atoms. The fourth-order valence-electron chi connectivity index (χ4n) is 4.26. The lowest BCUT2D eigenvalue weighted by molar-refractivity contribution is 0.0569. The first-order chi connectivity index (χ1) is 12.4. The Kier molecular flexibility index (Phi) is 4.55. The highest BCUT2D eigenvalue weighted by molar-refractivity contribution is 6.33. The molecule has 1 N–H and O–H groups in total. The Morgan fingerprint density at radius 1 is 1.12 bits per heavy atom. The lowest BCUT2D eigenvalue weighted by Crippen LogP contribution is -2.52. The van der Waals surface area contributed by atoms with Gasteiger partial charge < -0.3 is 14.6 Å². The predicted molar refractivity (Wildman–Crippen MR) is 102 cm³/mol. The minimum absolute atomic E-state index is 0.0275. The topological polar surface area (TPSA) is 48.7 Å². The Hall–Kier alpha value is -1.82. The number of fused-ring (bicyclic) bond motifs is 1. The van der Waals surface area contributed by atoms with E-state index in [0.29, 0.717) is 23.7 Å². The fraction of sp³-hybridized carbons (Fsp3) is 0.450. The number of aliphatic hydroxyl groups is 1. The van der Waals surface area contributed by atoms with Crippen LogP contribution in [0.25, 0.3) is 5.69 Å². The molecule has 2 saturated heterocycles. The van der Waals surface area contributed by atoms with Gasteiger partial charge in [-0.05, 0) is 50.6 Å². The van der Waals surface area contributed by atoms with Gasteiger partial charge in [0.1, 0.15) is 0 Å². The molecule has 0 radical (unpaired) electrons. The Balaban J connectivity index is 1.61. The van der Waals surface area contributed by atoms with Crippen molar-refractivity contribution in [1.29, 1.82) is 0 Å². The van der Waals surface area contributed by atoms with Crippen molar-refractivity contribution < 1.29 is 9.90 Å². The number of amides is 1. The molecule has 0 saturated carbocycles. The highest BCUT2D eigenvalue weighted by atomic mass is 35.5. The molecule has 5 nitrogen and oxygen atoms in total. The number of hydrogen-bond donors (Lipinski definition) is 1. The Morgan fingerprint density at radius 3 is 2.58 bits per heavy atom. The Labute approximate surface area is 158 Å². The van der Waals surface area contributed by atoms with Crippen molar-refractivity contribution >= 4 is 17.5 Å². The zero-order valence-corrected chi connectivity index (χ0v) is 15.9. The average molecular weight is 374 g/mol. The number of aryl methyl sites for hydroxylation is 2. The van der Waals surface area contributed by atoms with Crippen molar-refractivity contribution in [3.05, 3.63) is 52.3 Å².